The third-order valence-electron chi connectivity index (χ3n) is 2.58. The molecule has 0 spiro atoms. The van der Waals surface area contributed by atoms with Crippen LogP contribution in [0.1, 0.15) is 32.6 Å². The summed E-state index contributed by atoms with van der Waals surface area (Å²) in [6.07, 6.45) is 9.08. The van der Waals surface area contributed by atoms with E-state index in [4.69, 9.17) is 5.11 Å². The summed E-state index contributed by atoms with van der Waals surface area (Å²) in [6.45, 7) is 5.91. The van der Waals surface area contributed by atoms with Crippen LogP contribution in [0.25, 0.3) is 0 Å². The van der Waals surface area contributed by atoms with Gasteiger partial charge in [0.15, 0.2) is 0 Å². The van der Waals surface area contributed by atoms with E-state index in [0.29, 0.717) is 6.04 Å². The van der Waals surface area contributed by atoms with E-state index in [9.17, 15) is 0 Å². The highest BCUT2D eigenvalue weighted by molar-refractivity contribution is 5.04. The topological polar surface area (TPSA) is 23.5 Å². The zero-order valence-corrected chi connectivity index (χ0v) is 8.37. The second-order valence-corrected chi connectivity index (χ2v) is 3.55. The van der Waals surface area contributed by atoms with Gasteiger partial charge in [0.05, 0.1) is 6.61 Å². The van der Waals surface area contributed by atoms with Gasteiger partial charge in [-0.1, -0.05) is 25.5 Å². The van der Waals surface area contributed by atoms with Gasteiger partial charge >= 0.3 is 0 Å². The molecule has 0 aromatic rings. The monoisotopic (exact) mass is 181 g/mol. The van der Waals surface area contributed by atoms with Crippen LogP contribution in [0.3, 0.4) is 0 Å². The lowest BCUT2D eigenvalue weighted by atomic mass is 10.2. The van der Waals surface area contributed by atoms with Crippen LogP contribution in [-0.4, -0.2) is 22.7 Å². The van der Waals surface area contributed by atoms with Gasteiger partial charge in [0.2, 0.25) is 0 Å². The quantitative estimate of drug-likeness (QED) is 0.719. The zero-order chi connectivity index (χ0) is 9.68. The first kappa shape index (κ1) is 10.3. The summed E-state index contributed by atoms with van der Waals surface area (Å²) in [4.78, 5) is 2.12. The second-order valence-electron chi connectivity index (χ2n) is 3.55. The van der Waals surface area contributed by atoms with Gasteiger partial charge in [-0.25, -0.2) is 0 Å². The smallest absolute Gasteiger partial charge is 0.0826 e. The molecule has 1 aliphatic rings. The van der Waals surface area contributed by atoms with E-state index in [-0.39, 0.29) is 6.61 Å². The Morgan fingerprint density at radius 2 is 2.15 bits per heavy atom. The highest BCUT2D eigenvalue weighted by Crippen LogP contribution is 2.25. The van der Waals surface area contributed by atoms with Crippen molar-refractivity contribution in [3.8, 4) is 0 Å². The Kier molecular flexibility index (Phi) is 4.03. The fourth-order valence-electron chi connectivity index (χ4n) is 1.91. The molecule has 0 bridgehead atoms. The Morgan fingerprint density at radius 1 is 1.54 bits per heavy atom. The molecule has 0 saturated heterocycles. The molecule has 2 heteroatoms. The van der Waals surface area contributed by atoms with Crippen molar-refractivity contribution in [1.82, 2.24) is 4.90 Å². The average Bonchev–Trinajstić information content (AvgIpc) is 2.65. The van der Waals surface area contributed by atoms with Gasteiger partial charge in [-0.2, -0.15) is 0 Å². The molecule has 1 rings (SSSR count). The standard InChI is InChI=1S/C11H19NO/c1-3-8-12(10(2)9-13)11-6-4-5-7-11/h3,8,11,13H,2,4-7,9H2,1H3/b8-3-. The Bertz CT molecular complexity index is 192. The van der Waals surface area contributed by atoms with Gasteiger partial charge in [-0.3, -0.25) is 0 Å². The summed E-state index contributed by atoms with van der Waals surface area (Å²) >= 11 is 0. The lowest BCUT2D eigenvalue weighted by Crippen LogP contribution is -2.28. The molecule has 13 heavy (non-hydrogen) atoms. The molecule has 1 N–H and O–H groups in total. The zero-order valence-electron chi connectivity index (χ0n) is 8.37. The summed E-state index contributed by atoms with van der Waals surface area (Å²) in [7, 11) is 0. The molecule has 74 valence electrons. The van der Waals surface area contributed by atoms with Gasteiger partial charge in [-0.05, 0) is 26.0 Å². The first-order valence-electron chi connectivity index (χ1n) is 4.99. The molecule has 0 aromatic carbocycles. The number of aliphatic hydroxyl groups excluding tert-OH is 1. The third-order valence-corrected chi connectivity index (χ3v) is 2.58. The third kappa shape index (κ3) is 2.59. The van der Waals surface area contributed by atoms with E-state index in [1.807, 2.05) is 19.2 Å². The van der Waals surface area contributed by atoms with Gasteiger partial charge in [0.1, 0.15) is 0 Å². The van der Waals surface area contributed by atoms with Crippen molar-refractivity contribution in [2.75, 3.05) is 6.61 Å². The number of rotatable bonds is 4. The van der Waals surface area contributed by atoms with Crippen molar-refractivity contribution in [2.24, 2.45) is 0 Å². The second kappa shape index (κ2) is 5.07. The highest BCUT2D eigenvalue weighted by atomic mass is 16.3. The molecule has 1 saturated carbocycles. The van der Waals surface area contributed by atoms with Crippen molar-refractivity contribution >= 4 is 0 Å². The lowest BCUT2D eigenvalue weighted by molar-refractivity contribution is 0.255. The number of hydrogen-bond acceptors (Lipinski definition) is 2. The molecular formula is C11H19NO. The normalized spacial score (nSPS) is 18.3. The van der Waals surface area contributed by atoms with Crippen LogP contribution in [0.15, 0.2) is 24.6 Å². The summed E-state index contributed by atoms with van der Waals surface area (Å²) in [6, 6.07) is 0.566. The Hall–Kier alpha value is -0.760. The number of aliphatic hydroxyl groups is 1. The minimum Gasteiger partial charge on any atom is -0.390 e. The van der Waals surface area contributed by atoms with Crippen molar-refractivity contribution in [3.05, 3.63) is 24.6 Å². The van der Waals surface area contributed by atoms with Crippen molar-refractivity contribution in [3.63, 3.8) is 0 Å². The molecule has 0 heterocycles. The van der Waals surface area contributed by atoms with Crippen molar-refractivity contribution in [1.29, 1.82) is 0 Å². The Balaban J connectivity index is 2.60. The lowest BCUT2D eigenvalue weighted by Gasteiger charge is -2.28. The van der Waals surface area contributed by atoms with Crippen LogP contribution in [0.5, 0.6) is 0 Å². The average molecular weight is 181 g/mol. The molecule has 0 atom stereocenters. The predicted octanol–water partition coefficient (Wildman–Crippen LogP) is 2.27. The van der Waals surface area contributed by atoms with Crippen LogP contribution in [-0.2, 0) is 0 Å². The Morgan fingerprint density at radius 3 is 2.62 bits per heavy atom. The van der Waals surface area contributed by atoms with Crippen LogP contribution < -0.4 is 0 Å². The predicted molar refractivity (Wildman–Crippen MR) is 55.1 cm³/mol. The van der Waals surface area contributed by atoms with Gasteiger partial charge in [-0.15, -0.1) is 0 Å². The minimum absolute atomic E-state index is 0.0564. The number of nitrogens with zero attached hydrogens (tertiary/aromatic N) is 1. The van der Waals surface area contributed by atoms with E-state index >= 15 is 0 Å². The van der Waals surface area contributed by atoms with E-state index in [1.54, 1.807) is 0 Å². The molecule has 2 nitrogen and oxygen atoms in total. The van der Waals surface area contributed by atoms with Crippen LogP contribution >= 0.6 is 0 Å². The summed E-state index contributed by atoms with van der Waals surface area (Å²) < 4.78 is 0. The fourth-order valence-corrected chi connectivity index (χ4v) is 1.91. The first-order chi connectivity index (χ1) is 6.29. The summed E-state index contributed by atoms with van der Waals surface area (Å²) in [5.41, 5.74) is 0.810. The summed E-state index contributed by atoms with van der Waals surface area (Å²) in [5.74, 6) is 0. The maximum atomic E-state index is 9.02. The van der Waals surface area contributed by atoms with E-state index in [0.717, 1.165) is 5.70 Å². The van der Waals surface area contributed by atoms with Gasteiger partial charge in [0, 0.05) is 11.7 Å². The molecular weight excluding hydrogens is 162 g/mol. The van der Waals surface area contributed by atoms with Crippen LogP contribution in [0.2, 0.25) is 0 Å². The Labute approximate surface area is 80.6 Å². The number of allylic oxidation sites excluding steroid dienone is 1. The van der Waals surface area contributed by atoms with E-state index < -0.39 is 0 Å². The molecule has 0 unspecified atom stereocenters. The maximum Gasteiger partial charge on any atom is 0.0826 e. The molecule has 0 radical (unpaired) electrons. The van der Waals surface area contributed by atoms with E-state index in [1.165, 1.54) is 25.7 Å². The molecule has 0 aliphatic heterocycles. The molecule has 1 fully saturated rings. The van der Waals surface area contributed by atoms with Crippen LogP contribution in [0, 0.1) is 0 Å². The highest BCUT2D eigenvalue weighted by Gasteiger charge is 2.21. The summed E-state index contributed by atoms with van der Waals surface area (Å²) in [5, 5.41) is 9.02. The maximum absolute atomic E-state index is 9.02. The van der Waals surface area contributed by atoms with Crippen molar-refractivity contribution in [2.45, 2.75) is 38.6 Å². The molecule has 0 aromatic heterocycles. The first-order valence-corrected chi connectivity index (χ1v) is 4.99. The number of hydrogen-bond donors (Lipinski definition) is 1. The van der Waals surface area contributed by atoms with Gasteiger partial charge in [0.25, 0.3) is 0 Å². The van der Waals surface area contributed by atoms with Crippen LogP contribution in [0.4, 0.5) is 0 Å². The largest absolute Gasteiger partial charge is 0.390 e. The van der Waals surface area contributed by atoms with E-state index in [2.05, 4.69) is 11.5 Å². The SMILES string of the molecule is C=C(CO)N(/C=C\C)C1CCCC1. The van der Waals surface area contributed by atoms with Crippen molar-refractivity contribution < 1.29 is 5.11 Å². The minimum atomic E-state index is 0.0564. The van der Waals surface area contributed by atoms with Gasteiger partial charge < -0.3 is 10.0 Å². The molecule has 0 amide bonds. The molecule has 1 aliphatic carbocycles. The fraction of sp³-hybridized carbons (Fsp3) is 0.636.